The molecule has 0 unspecified atom stereocenters. The molecule has 1 aliphatic rings. The molecule has 6 rings (SSSR count). The van der Waals surface area contributed by atoms with Crippen molar-refractivity contribution in [3.63, 3.8) is 0 Å². The van der Waals surface area contributed by atoms with Crippen molar-refractivity contribution in [3.8, 4) is 23.3 Å². The Hall–Kier alpha value is -4.73. The normalized spacial score (nSPS) is 12.5. The van der Waals surface area contributed by atoms with E-state index in [1.165, 1.54) is 5.56 Å². The molecule has 0 radical (unpaired) electrons. The molecule has 10 heteroatoms. The minimum absolute atomic E-state index is 0.248. The van der Waals surface area contributed by atoms with Gasteiger partial charge in [0.05, 0.1) is 12.7 Å². The van der Waals surface area contributed by atoms with Crippen LogP contribution in [0.5, 0.6) is 11.8 Å². The van der Waals surface area contributed by atoms with Crippen LogP contribution in [-0.4, -0.2) is 41.1 Å². The summed E-state index contributed by atoms with van der Waals surface area (Å²) in [5.74, 6) is 1.97. The van der Waals surface area contributed by atoms with Crippen molar-refractivity contribution in [1.29, 1.82) is 0 Å². The van der Waals surface area contributed by atoms with Gasteiger partial charge >= 0.3 is 5.95 Å². The number of allylic oxidation sites excluding steroid dienone is 4. The first kappa shape index (κ1) is 20.8. The molecule has 0 amide bonds. The molecule has 174 valence electrons. The highest BCUT2D eigenvalue weighted by atomic mass is 16.6. The summed E-state index contributed by atoms with van der Waals surface area (Å²) in [5, 5.41) is 17.3. The molecule has 0 spiro atoms. The van der Waals surface area contributed by atoms with Gasteiger partial charge in [-0.25, -0.2) is 4.98 Å². The van der Waals surface area contributed by atoms with Crippen molar-refractivity contribution in [2.75, 3.05) is 6.61 Å². The number of benzene rings is 1. The van der Waals surface area contributed by atoms with E-state index in [-0.39, 0.29) is 6.61 Å². The lowest BCUT2D eigenvalue weighted by molar-refractivity contribution is 0.226. The summed E-state index contributed by atoms with van der Waals surface area (Å²) < 4.78 is 20.4. The number of aromatic nitrogens is 7. The maximum atomic E-state index is 6.21. The zero-order valence-corrected chi connectivity index (χ0v) is 18.9. The van der Waals surface area contributed by atoms with Crippen LogP contribution < -0.4 is 9.47 Å². The first-order chi connectivity index (χ1) is 17.3. The summed E-state index contributed by atoms with van der Waals surface area (Å²) in [6, 6.07) is 13.8. The van der Waals surface area contributed by atoms with Gasteiger partial charge in [-0.05, 0) is 24.1 Å². The molecule has 1 aliphatic carbocycles. The Morgan fingerprint density at radius 1 is 1.06 bits per heavy atom. The quantitative estimate of drug-likeness (QED) is 0.321. The summed E-state index contributed by atoms with van der Waals surface area (Å²) in [7, 11) is 0. The highest BCUT2D eigenvalue weighted by Gasteiger charge is 2.20. The fourth-order valence-electron chi connectivity index (χ4n) is 3.77. The fraction of sp³-hybridized carbons (Fsp3) is 0.160. The van der Waals surface area contributed by atoms with Gasteiger partial charge in [0, 0.05) is 24.5 Å². The fourth-order valence-corrected chi connectivity index (χ4v) is 3.77. The van der Waals surface area contributed by atoms with Crippen molar-refractivity contribution in [2.45, 2.75) is 20.1 Å². The van der Waals surface area contributed by atoms with E-state index in [4.69, 9.17) is 19.1 Å². The van der Waals surface area contributed by atoms with Crippen molar-refractivity contribution >= 4 is 11.2 Å². The molecule has 0 aliphatic heterocycles. The minimum atomic E-state index is 0.248. The Kier molecular flexibility index (Phi) is 5.30. The second-order valence-corrected chi connectivity index (χ2v) is 7.85. The number of hydrogen-bond acceptors (Lipinski definition) is 8. The Morgan fingerprint density at radius 2 is 1.94 bits per heavy atom. The van der Waals surface area contributed by atoms with Gasteiger partial charge in [-0.2, -0.15) is 4.52 Å². The molecule has 0 N–H and O–H groups in total. The molecular weight excluding hydrogens is 446 g/mol. The highest BCUT2D eigenvalue weighted by molar-refractivity contribution is 5.84. The number of nitrogens with zero attached hydrogens (tertiary/aromatic N) is 7. The van der Waals surface area contributed by atoms with Gasteiger partial charge in [0.25, 0.3) is 0 Å². The van der Waals surface area contributed by atoms with E-state index < -0.39 is 0 Å². The van der Waals surface area contributed by atoms with Crippen LogP contribution in [0, 0.1) is 0 Å². The van der Waals surface area contributed by atoms with E-state index in [1.54, 1.807) is 16.8 Å². The van der Waals surface area contributed by atoms with E-state index in [0.717, 1.165) is 17.0 Å². The molecule has 1 aromatic carbocycles. The molecule has 0 atom stereocenters. The summed E-state index contributed by atoms with van der Waals surface area (Å²) in [6.07, 6.45) is 9.68. The third-order valence-corrected chi connectivity index (χ3v) is 5.56. The molecule has 0 bridgehead atoms. The smallest absolute Gasteiger partial charge is 0.311 e. The van der Waals surface area contributed by atoms with Crippen LogP contribution in [0.2, 0.25) is 0 Å². The average Bonchev–Trinajstić information content (AvgIpc) is 3.57. The third-order valence-electron chi connectivity index (χ3n) is 5.56. The van der Waals surface area contributed by atoms with Crippen LogP contribution in [-0.2, 0) is 13.2 Å². The summed E-state index contributed by atoms with van der Waals surface area (Å²) in [6.45, 7) is 3.29. The van der Waals surface area contributed by atoms with Gasteiger partial charge in [-0.1, -0.05) is 53.7 Å². The number of fused-ring (bicyclic) bond motifs is 1. The molecule has 5 aromatic rings. The molecule has 4 heterocycles. The summed E-state index contributed by atoms with van der Waals surface area (Å²) >= 11 is 0. The Bertz CT molecular complexity index is 1550. The zero-order valence-electron chi connectivity index (χ0n) is 18.9. The van der Waals surface area contributed by atoms with Gasteiger partial charge in [0.2, 0.25) is 11.7 Å². The van der Waals surface area contributed by atoms with Crippen LogP contribution in [0.4, 0.5) is 0 Å². The summed E-state index contributed by atoms with van der Waals surface area (Å²) in [4.78, 5) is 4.49. The molecule has 0 saturated heterocycles. The van der Waals surface area contributed by atoms with Gasteiger partial charge in [0.1, 0.15) is 12.4 Å². The zero-order chi connectivity index (χ0) is 23.6. The first-order valence-electron chi connectivity index (χ1n) is 11.2. The number of hydrogen-bond donors (Lipinski definition) is 0. The Morgan fingerprint density at radius 3 is 2.74 bits per heavy atom. The van der Waals surface area contributed by atoms with Crippen molar-refractivity contribution in [2.24, 2.45) is 0 Å². The molecular formula is C25H21N7O3. The van der Waals surface area contributed by atoms with Crippen LogP contribution in [0.15, 0.2) is 77.6 Å². The monoisotopic (exact) mass is 467 g/mol. The van der Waals surface area contributed by atoms with E-state index in [2.05, 4.69) is 37.0 Å². The molecule has 4 aromatic heterocycles. The molecule has 10 nitrogen and oxygen atoms in total. The van der Waals surface area contributed by atoms with Gasteiger partial charge in [-0.15, -0.1) is 15.3 Å². The van der Waals surface area contributed by atoms with Crippen molar-refractivity contribution < 1.29 is 14.0 Å². The number of rotatable bonds is 9. The van der Waals surface area contributed by atoms with Crippen LogP contribution >= 0.6 is 0 Å². The van der Waals surface area contributed by atoms with Crippen LogP contribution in [0.3, 0.4) is 0 Å². The maximum absolute atomic E-state index is 6.21. The second-order valence-electron chi connectivity index (χ2n) is 7.85. The first-order valence-corrected chi connectivity index (χ1v) is 11.2. The number of imidazole rings is 1. The highest BCUT2D eigenvalue weighted by Crippen LogP contribution is 2.31. The van der Waals surface area contributed by atoms with Crippen LogP contribution in [0.25, 0.3) is 22.7 Å². The molecule has 0 saturated carbocycles. The summed E-state index contributed by atoms with van der Waals surface area (Å²) in [5.41, 5.74) is 4.05. The Balaban J connectivity index is 1.31. The molecule has 0 fully saturated rings. The lowest BCUT2D eigenvalue weighted by atomic mass is 10.0. The topological polar surface area (TPSA) is 105 Å². The lowest BCUT2D eigenvalue weighted by Gasteiger charge is -2.14. The lowest BCUT2D eigenvalue weighted by Crippen LogP contribution is -2.10. The van der Waals surface area contributed by atoms with Gasteiger partial charge in [-0.3, -0.25) is 0 Å². The van der Waals surface area contributed by atoms with Crippen molar-refractivity contribution in [3.05, 3.63) is 90.0 Å². The Labute approximate surface area is 200 Å². The van der Waals surface area contributed by atoms with Gasteiger partial charge in [0.15, 0.2) is 11.3 Å². The standard InChI is InChI=1S/C25H21N7O3/c1-2-33-23-14-20(30-35-23)24-28-27-21-13-19(18-9-6-10-18)25(29-32(21)24)34-16-22-26-11-12-31(22)15-17-7-4-3-5-8-17/h3-14H,2,15-16H2,1H3. The number of ether oxygens (including phenoxy) is 2. The molecule has 35 heavy (non-hydrogen) atoms. The average molecular weight is 467 g/mol. The van der Waals surface area contributed by atoms with Gasteiger partial charge < -0.3 is 18.6 Å². The predicted molar refractivity (Wildman–Crippen MR) is 127 cm³/mol. The maximum Gasteiger partial charge on any atom is 0.311 e. The van der Waals surface area contributed by atoms with Crippen LogP contribution in [0.1, 0.15) is 23.9 Å². The van der Waals surface area contributed by atoms with E-state index >= 15 is 0 Å². The van der Waals surface area contributed by atoms with E-state index in [9.17, 15) is 0 Å². The second kappa shape index (κ2) is 8.90. The predicted octanol–water partition coefficient (Wildman–Crippen LogP) is 3.96. The van der Waals surface area contributed by atoms with Crippen molar-refractivity contribution in [1.82, 2.24) is 34.5 Å². The largest absolute Gasteiger partial charge is 0.468 e. The third kappa shape index (κ3) is 4.05. The minimum Gasteiger partial charge on any atom is -0.468 e. The van der Waals surface area contributed by atoms with E-state index in [0.29, 0.717) is 42.1 Å². The van der Waals surface area contributed by atoms with E-state index in [1.807, 2.05) is 55.6 Å². The SMILES string of the molecule is CCOc1cc(-c2nnc3cc(C4=CC=C4)c(OCc4nccn4Cc4ccccc4)nn23)no1.